The average Bonchev–Trinajstić information content (AvgIpc) is 2.52. The summed E-state index contributed by atoms with van der Waals surface area (Å²) in [5.74, 6) is -2.12. The monoisotopic (exact) mass is 323 g/mol. The Morgan fingerprint density at radius 2 is 2.00 bits per heavy atom. The Balaban J connectivity index is 2.65. The summed E-state index contributed by atoms with van der Waals surface area (Å²) in [4.78, 5) is 34.6. The predicted molar refractivity (Wildman–Crippen MR) is 79.8 cm³/mol. The van der Waals surface area contributed by atoms with Crippen molar-refractivity contribution in [1.82, 2.24) is 5.32 Å². The van der Waals surface area contributed by atoms with Gasteiger partial charge in [-0.2, -0.15) is 0 Å². The molecular weight excluding hydrogens is 305 g/mol. The van der Waals surface area contributed by atoms with E-state index in [4.69, 9.17) is 0 Å². The van der Waals surface area contributed by atoms with Gasteiger partial charge in [-0.05, 0) is 24.1 Å². The number of benzene rings is 1. The van der Waals surface area contributed by atoms with Gasteiger partial charge in [0, 0.05) is 6.08 Å². The molecule has 1 aromatic carbocycles. The van der Waals surface area contributed by atoms with Crippen LogP contribution >= 0.6 is 0 Å². The number of carbonyl (C=O) groups excluding carboxylic acids is 3. The Kier molecular flexibility index (Phi) is 7.45. The first-order valence-electron chi connectivity index (χ1n) is 6.82. The number of methoxy groups -OCH3 is 2. The lowest BCUT2D eigenvalue weighted by Crippen LogP contribution is -2.41. The molecule has 0 saturated carbocycles. The highest BCUT2D eigenvalue weighted by atomic mass is 19.1. The molecule has 0 aliphatic rings. The largest absolute Gasteiger partial charge is 0.467 e. The SMILES string of the molecule is COC(=O)/C=C/C[C@@H](NC(=O)Cc1cccc(F)c1)C(=O)OC. The minimum absolute atomic E-state index is 0.0661. The van der Waals surface area contributed by atoms with Crippen molar-refractivity contribution in [1.29, 1.82) is 0 Å². The molecule has 0 heterocycles. The molecule has 0 aromatic heterocycles. The molecule has 0 spiro atoms. The van der Waals surface area contributed by atoms with Crippen LogP contribution in [0, 0.1) is 5.82 Å². The second-order valence-corrected chi connectivity index (χ2v) is 4.61. The third-order valence-electron chi connectivity index (χ3n) is 2.90. The quantitative estimate of drug-likeness (QED) is 0.601. The summed E-state index contributed by atoms with van der Waals surface area (Å²) >= 11 is 0. The molecule has 0 fully saturated rings. The summed E-state index contributed by atoms with van der Waals surface area (Å²) in [7, 11) is 2.42. The Morgan fingerprint density at radius 1 is 1.26 bits per heavy atom. The molecule has 0 aliphatic carbocycles. The van der Waals surface area contributed by atoms with E-state index in [2.05, 4.69) is 14.8 Å². The molecule has 0 unspecified atom stereocenters. The maximum Gasteiger partial charge on any atom is 0.330 e. The summed E-state index contributed by atoms with van der Waals surface area (Å²) in [6.45, 7) is 0. The van der Waals surface area contributed by atoms with E-state index in [0.29, 0.717) is 5.56 Å². The van der Waals surface area contributed by atoms with Crippen LogP contribution in [0.25, 0.3) is 0 Å². The van der Waals surface area contributed by atoms with Crippen LogP contribution in [0.1, 0.15) is 12.0 Å². The second-order valence-electron chi connectivity index (χ2n) is 4.61. The lowest BCUT2D eigenvalue weighted by molar-refractivity contribution is -0.145. The summed E-state index contributed by atoms with van der Waals surface area (Å²) in [5, 5.41) is 2.49. The maximum absolute atomic E-state index is 13.1. The first-order chi connectivity index (χ1) is 11.0. The van der Waals surface area contributed by atoms with Crippen molar-refractivity contribution >= 4 is 17.8 Å². The summed E-state index contributed by atoms with van der Waals surface area (Å²) in [5.41, 5.74) is 0.483. The minimum Gasteiger partial charge on any atom is -0.467 e. The van der Waals surface area contributed by atoms with Crippen molar-refractivity contribution < 1.29 is 28.2 Å². The lowest BCUT2D eigenvalue weighted by Gasteiger charge is -2.14. The fourth-order valence-electron chi connectivity index (χ4n) is 1.80. The van der Waals surface area contributed by atoms with Crippen LogP contribution in [-0.4, -0.2) is 38.1 Å². The number of carbonyl (C=O) groups is 3. The van der Waals surface area contributed by atoms with Crippen molar-refractivity contribution in [3.8, 4) is 0 Å². The molecule has 0 aliphatic heterocycles. The van der Waals surface area contributed by atoms with Crippen LogP contribution in [0.2, 0.25) is 0 Å². The van der Waals surface area contributed by atoms with Gasteiger partial charge in [0.2, 0.25) is 5.91 Å². The van der Waals surface area contributed by atoms with E-state index < -0.39 is 29.7 Å². The Morgan fingerprint density at radius 3 is 2.61 bits per heavy atom. The predicted octanol–water partition coefficient (Wildman–Crippen LogP) is 1.15. The van der Waals surface area contributed by atoms with E-state index in [0.717, 1.165) is 6.08 Å². The molecule has 1 N–H and O–H groups in total. The number of amides is 1. The van der Waals surface area contributed by atoms with Crippen LogP contribution in [0.3, 0.4) is 0 Å². The number of hydrogen-bond donors (Lipinski definition) is 1. The first-order valence-corrected chi connectivity index (χ1v) is 6.82. The average molecular weight is 323 g/mol. The van der Waals surface area contributed by atoms with Gasteiger partial charge in [-0.25, -0.2) is 14.0 Å². The number of esters is 2. The van der Waals surface area contributed by atoms with Crippen molar-refractivity contribution in [2.75, 3.05) is 14.2 Å². The standard InChI is InChI=1S/C16H18FNO5/c1-22-15(20)8-4-7-13(16(21)23-2)18-14(19)10-11-5-3-6-12(17)9-11/h3-6,8-9,13H,7,10H2,1-2H3,(H,18,19)/b8-4+/t13-/m1/s1. The third kappa shape index (κ3) is 6.73. The zero-order valence-electron chi connectivity index (χ0n) is 12.9. The molecule has 7 heteroatoms. The molecule has 0 bridgehead atoms. The Hall–Kier alpha value is -2.70. The maximum atomic E-state index is 13.1. The fraction of sp³-hybridized carbons (Fsp3) is 0.312. The van der Waals surface area contributed by atoms with Crippen LogP contribution in [0.4, 0.5) is 4.39 Å². The van der Waals surface area contributed by atoms with E-state index in [1.807, 2.05) is 0 Å². The van der Waals surface area contributed by atoms with Gasteiger partial charge in [0.05, 0.1) is 20.6 Å². The normalized spacial score (nSPS) is 11.8. The van der Waals surface area contributed by atoms with Crippen molar-refractivity contribution in [2.24, 2.45) is 0 Å². The summed E-state index contributed by atoms with van der Waals surface area (Å²) < 4.78 is 22.1. The van der Waals surface area contributed by atoms with Gasteiger partial charge in [-0.1, -0.05) is 18.2 Å². The smallest absolute Gasteiger partial charge is 0.330 e. The highest BCUT2D eigenvalue weighted by Crippen LogP contribution is 2.05. The molecule has 0 saturated heterocycles. The van der Waals surface area contributed by atoms with Gasteiger partial charge < -0.3 is 14.8 Å². The Labute approximate surface area is 133 Å². The molecule has 1 amide bonds. The lowest BCUT2D eigenvalue weighted by atomic mass is 10.1. The molecule has 6 nitrogen and oxygen atoms in total. The fourth-order valence-corrected chi connectivity index (χ4v) is 1.80. The third-order valence-corrected chi connectivity index (χ3v) is 2.90. The number of ether oxygens (including phenoxy) is 2. The van der Waals surface area contributed by atoms with Crippen molar-refractivity contribution in [3.05, 3.63) is 47.8 Å². The number of halogens is 1. The first kappa shape index (κ1) is 18.3. The van der Waals surface area contributed by atoms with Gasteiger partial charge in [-0.15, -0.1) is 0 Å². The van der Waals surface area contributed by atoms with E-state index in [9.17, 15) is 18.8 Å². The molecule has 1 atom stereocenters. The molecular formula is C16H18FNO5. The number of nitrogens with one attached hydrogen (secondary N) is 1. The number of rotatable bonds is 7. The van der Waals surface area contributed by atoms with Crippen LogP contribution in [0.5, 0.6) is 0 Å². The van der Waals surface area contributed by atoms with E-state index in [1.165, 1.54) is 38.5 Å². The zero-order valence-corrected chi connectivity index (χ0v) is 12.9. The zero-order chi connectivity index (χ0) is 17.2. The summed E-state index contributed by atoms with van der Waals surface area (Å²) in [6.07, 6.45) is 2.53. The molecule has 1 aromatic rings. The minimum atomic E-state index is -0.943. The van der Waals surface area contributed by atoms with E-state index in [-0.39, 0.29) is 12.8 Å². The number of hydrogen-bond acceptors (Lipinski definition) is 5. The van der Waals surface area contributed by atoms with Gasteiger partial charge in [-0.3, -0.25) is 4.79 Å². The van der Waals surface area contributed by atoms with Gasteiger partial charge in [0.15, 0.2) is 0 Å². The van der Waals surface area contributed by atoms with Gasteiger partial charge in [0.25, 0.3) is 0 Å². The van der Waals surface area contributed by atoms with Crippen LogP contribution in [-0.2, 0) is 30.3 Å². The molecule has 0 radical (unpaired) electrons. The second kappa shape index (κ2) is 9.34. The van der Waals surface area contributed by atoms with Crippen LogP contribution in [0.15, 0.2) is 36.4 Å². The van der Waals surface area contributed by atoms with E-state index in [1.54, 1.807) is 6.07 Å². The topological polar surface area (TPSA) is 81.7 Å². The van der Waals surface area contributed by atoms with Gasteiger partial charge in [0.1, 0.15) is 11.9 Å². The summed E-state index contributed by atoms with van der Waals surface area (Å²) in [6, 6.07) is 4.67. The molecule has 1 rings (SSSR count). The van der Waals surface area contributed by atoms with Crippen LogP contribution < -0.4 is 5.32 Å². The molecule has 23 heavy (non-hydrogen) atoms. The van der Waals surface area contributed by atoms with Gasteiger partial charge >= 0.3 is 11.9 Å². The highest BCUT2D eigenvalue weighted by Gasteiger charge is 2.20. The van der Waals surface area contributed by atoms with E-state index >= 15 is 0 Å². The Bertz CT molecular complexity index is 600. The molecule has 124 valence electrons. The van der Waals surface area contributed by atoms with Crippen molar-refractivity contribution in [2.45, 2.75) is 18.9 Å². The van der Waals surface area contributed by atoms with Crippen molar-refractivity contribution in [3.63, 3.8) is 0 Å². The highest BCUT2D eigenvalue weighted by molar-refractivity contribution is 5.86.